The fourth-order valence-electron chi connectivity index (χ4n) is 2.56. The van der Waals surface area contributed by atoms with Gasteiger partial charge in [-0.3, -0.25) is 0 Å². The van der Waals surface area contributed by atoms with E-state index in [2.05, 4.69) is 0 Å². The number of aryl methyl sites for hydroxylation is 1. The summed E-state index contributed by atoms with van der Waals surface area (Å²) in [5.74, 6) is -1.51. The van der Waals surface area contributed by atoms with E-state index in [1.165, 1.54) is 0 Å². The topological polar surface area (TPSA) is 0 Å². The van der Waals surface area contributed by atoms with E-state index in [1.54, 1.807) is 12.1 Å². The standard InChI is InChI=1S/C20H16F2/c1-2-14-12-13-18(20(22)19(14)21)17-10-8-16(9-11-17)15-6-4-3-5-7-15/h3-13H,2H2,1H3. The molecule has 0 aliphatic rings. The highest BCUT2D eigenvalue weighted by atomic mass is 19.2. The normalized spacial score (nSPS) is 10.7. The summed E-state index contributed by atoms with van der Waals surface area (Å²) in [6.45, 7) is 1.81. The predicted molar refractivity (Wildman–Crippen MR) is 86.6 cm³/mol. The Labute approximate surface area is 129 Å². The van der Waals surface area contributed by atoms with E-state index < -0.39 is 11.6 Å². The SMILES string of the molecule is CCc1ccc(-c2ccc(-c3ccccc3)cc2)c(F)c1F. The van der Waals surface area contributed by atoms with Crippen molar-refractivity contribution in [2.75, 3.05) is 0 Å². The van der Waals surface area contributed by atoms with Gasteiger partial charge in [0.15, 0.2) is 11.6 Å². The molecule has 0 aliphatic carbocycles. The maximum absolute atomic E-state index is 14.2. The van der Waals surface area contributed by atoms with E-state index in [0.29, 0.717) is 23.1 Å². The number of hydrogen-bond acceptors (Lipinski definition) is 0. The van der Waals surface area contributed by atoms with Crippen LogP contribution < -0.4 is 0 Å². The lowest BCUT2D eigenvalue weighted by Crippen LogP contribution is -1.95. The van der Waals surface area contributed by atoms with Gasteiger partial charge in [-0.05, 0) is 28.7 Å². The first-order chi connectivity index (χ1) is 10.7. The zero-order chi connectivity index (χ0) is 15.5. The van der Waals surface area contributed by atoms with Gasteiger partial charge in [-0.25, -0.2) is 8.78 Å². The summed E-state index contributed by atoms with van der Waals surface area (Å²) < 4.78 is 28.1. The first-order valence-corrected chi connectivity index (χ1v) is 7.33. The van der Waals surface area contributed by atoms with Gasteiger partial charge in [0, 0.05) is 5.56 Å². The molecule has 3 aromatic carbocycles. The molecule has 0 saturated heterocycles. The molecule has 110 valence electrons. The van der Waals surface area contributed by atoms with Crippen LogP contribution in [0, 0.1) is 11.6 Å². The molecule has 0 aromatic heterocycles. The van der Waals surface area contributed by atoms with Crippen molar-refractivity contribution in [3.05, 3.63) is 83.9 Å². The van der Waals surface area contributed by atoms with Gasteiger partial charge in [0.1, 0.15) is 0 Å². The largest absolute Gasteiger partial charge is 0.203 e. The van der Waals surface area contributed by atoms with E-state index in [4.69, 9.17) is 0 Å². The van der Waals surface area contributed by atoms with Crippen molar-refractivity contribution in [3.8, 4) is 22.3 Å². The van der Waals surface area contributed by atoms with E-state index in [-0.39, 0.29) is 0 Å². The lowest BCUT2D eigenvalue weighted by Gasteiger charge is -2.09. The molecule has 0 radical (unpaired) electrons. The van der Waals surface area contributed by atoms with Crippen molar-refractivity contribution in [1.29, 1.82) is 0 Å². The maximum atomic E-state index is 14.2. The molecule has 0 saturated carbocycles. The quantitative estimate of drug-likeness (QED) is 0.567. The van der Waals surface area contributed by atoms with E-state index in [1.807, 2.05) is 61.5 Å². The van der Waals surface area contributed by atoms with Crippen LogP contribution >= 0.6 is 0 Å². The summed E-state index contributed by atoms with van der Waals surface area (Å²) in [6.07, 6.45) is 0.482. The molecule has 0 N–H and O–H groups in total. The predicted octanol–water partition coefficient (Wildman–Crippen LogP) is 5.86. The molecular formula is C20H16F2. The minimum atomic E-state index is -0.771. The Bertz CT molecular complexity index is 775. The monoisotopic (exact) mass is 294 g/mol. The zero-order valence-electron chi connectivity index (χ0n) is 12.3. The van der Waals surface area contributed by atoms with Crippen molar-refractivity contribution in [2.24, 2.45) is 0 Å². The maximum Gasteiger partial charge on any atom is 0.166 e. The fourth-order valence-corrected chi connectivity index (χ4v) is 2.56. The highest BCUT2D eigenvalue weighted by Gasteiger charge is 2.13. The molecule has 0 aliphatic heterocycles. The van der Waals surface area contributed by atoms with Gasteiger partial charge in [-0.2, -0.15) is 0 Å². The van der Waals surface area contributed by atoms with Gasteiger partial charge in [0.2, 0.25) is 0 Å². The Morgan fingerprint density at radius 3 is 1.86 bits per heavy atom. The minimum absolute atomic E-state index is 0.300. The van der Waals surface area contributed by atoms with Crippen molar-refractivity contribution >= 4 is 0 Å². The average Bonchev–Trinajstić information content (AvgIpc) is 2.58. The Kier molecular flexibility index (Phi) is 4.01. The summed E-state index contributed by atoms with van der Waals surface area (Å²) in [6, 6.07) is 20.8. The molecular weight excluding hydrogens is 278 g/mol. The lowest BCUT2D eigenvalue weighted by atomic mass is 9.98. The summed E-state index contributed by atoms with van der Waals surface area (Å²) in [5, 5.41) is 0. The second-order valence-corrected chi connectivity index (χ2v) is 5.20. The summed E-state index contributed by atoms with van der Waals surface area (Å²) in [7, 11) is 0. The molecule has 3 rings (SSSR count). The van der Waals surface area contributed by atoms with Gasteiger partial charge in [-0.15, -0.1) is 0 Å². The Morgan fingerprint density at radius 2 is 1.23 bits per heavy atom. The zero-order valence-corrected chi connectivity index (χ0v) is 12.3. The van der Waals surface area contributed by atoms with E-state index in [0.717, 1.165) is 11.1 Å². The molecule has 0 nitrogen and oxygen atoms in total. The lowest BCUT2D eigenvalue weighted by molar-refractivity contribution is 0.502. The van der Waals surface area contributed by atoms with Gasteiger partial charge in [0.05, 0.1) is 0 Å². The van der Waals surface area contributed by atoms with Gasteiger partial charge in [0.25, 0.3) is 0 Å². The molecule has 0 unspecified atom stereocenters. The molecule has 22 heavy (non-hydrogen) atoms. The molecule has 3 aromatic rings. The fraction of sp³-hybridized carbons (Fsp3) is 0.100. The van der Waals surface area contributed by atoms with Gasteiger partial charge < -0.3 is 0 Å². The van der Waals surface area contributed by atoms with Crippen LogP contribution in [0.2, 0.25) is 0 Å². The first kappa shape index (κ1) is 14.5. The van der Waals surface area contributed by atoms with Crippen LogP contribution in [-0.4, -0.2) is 0 Å². The van der Waals surface area contributed by atoms with Crippen LogP contribution in [0.4, 0.5) is 8.78 Å². The molecule has 0 bridgehead atoms. The van der Waals surface area contributed by atoms with Crippen LogP contribution in [0.5, 0.6) is 0 Å². The average molecular weight is 294 g/mol. The Morgan fingerprint density at radius 1 is 0.636 bits per heavy atom. The minimum Gasteiger partial charge on any atom is -0.203 e. The summed E-state index contributed by atoms with van der Waals surface area (Å²) >= 11 is 0. The van der Waals surface area contributed by atoms with Crippen LogP contribution in [-0.2, 0) is 6.42 Å². The van der Waals surface area contributed by atoms with Crippen LogP contribution in [0.15, 0.2) is 66.7 Å². The highest BCUT2D eigenvalue weighted by Crippen LogP contribution is 2.29. The molecule has 2 heteroatoms. The van der Waals surface area contributed by atoms with Gasteiger partial charge in [-0.1, -0.05) is 73.7 Å². The van der Waals surface area contributed by atoms with Gasteiger partial charge >= 0.3 is 0 Å². The van der Waals surface area contributed by atoms with E-state index in [9.17, 15) is 8.78 Å². The smallest absolute Gasteiger partial charge is 0.166 e. The third-order valence-electron chi connectivity index (χ3n) is 3.85. The van der Waals surface area contributed by atoms with Crippen molar-refractivity contribution < 1.29 is 8.78 Å². The van der Waals surface area contributed by atoms with E-state index >= 15 is 0 Å². The summed E-state index contributed by atoms with van der Waals surface area (Å²) in [4.78, 5) is 0. The molecule has 0 heterocycles. The third kappa shape index (κ3) is 2.64. The number of benzene rings is 3. The second-order valence-electron chi connectivity index (χ2n) is 5.20. The number of rotatable bonds is 3. The molecule has 0 spiro atoms. The van der Waals surface area contributed by atoms with Crippen LogP contribution in [0.1, 0.15) is 12.5 Å². The summed E-state index contributed by atoms with van der Waals surface area (Å²) in [5.41, 5.74) is 3.53. The second kappa shape index (κ2) is 6.10. The highest BCUT2D eigenvalue weighted by molar-refractivity contribution is 5.70. The van der Waals surface area contributed by atoms with Crippen LogP contribution in [0.3, 0.4) is 0 Å². The van der Waals surface area contributed by atoms with Crippen LogP contribution in [0.25, 0.3) is 22.3 Å². The molecule has 0 atom stereocenters. The molecule has 0 amide bonds. The third-order valence-corrected chi connectivity index (χ3v) is 3.85. The molecule has 0 fully saturated rings. The number of hydrogen-bond donors (Lipinski definition) is 0. The van der Waals surface area contributed by atoms with Crippen molar-refractivity contribution in [1.82, 2.24) is 0 Å². The Balaban J connectivity index is 1.99. The first-order valence-electron chi connectivity index (χ1n) is 7.33. The number of halogens is 2. The van der Waals surface area contributed by atoms with Crippen molar-refractivity contribution in [2.45, 2.75) is 13.3 Å². The Hall–Kier alpha value is -2.48. The van der Waals surface area contributed by atoms with Crippen molar-refractivity contribution in [3.63, 3.8) is 0 Å².